The quantitative estimate of drug-likeness (QED) is 0.491. The van der Waals surface area contributed by atoms with E-state index >= 15 is 0 Å². The molecule has 38 valence electrons. The molecule has 0 unspecified atom stereocenters. The first-order chi connectivity index (χ1) is 3.22. The summed E-state index contributed by atoms with van der Waals surface area (Å²) in [6.45, 7) is 0. The van der Waals surface area contributed by atoms with Gasteiger partial charge in [-0.3, -0.25) is 4.79 Å². The van der Waals surface area contributed by atoms with Crippen molar-refractivity contribution >= 4 is 5.69 Å². The van der Waals surface area contributed by atoms with E-state index < -0.39 is 0 Å². The first-order valence-corrected chi connectivity index (χ1v) is 2.15. The van der Waals surface area contributed by atoms with Crippen molar-refractivity contribution in [3.63, 3.8) is 0 Å². The van der Waals surface area contributed by atoms with E-state index in [4.69, 9.17) is 0 Å². The molecule has 2 nitrogen and oxygen atoms in total. The first kappa shape index (κ1) is 4.37. The minimum atomic E-state index is 0.171. The van der Waals surface area contributed by atoms with Gasteiger partial charge in [-0.2, -0.15) is 0 Å². The van der Waals surface area contributed by atoms with E-state index in [0.717, 1.165) is 5.69 Å². The van der Waals surface area contributed by atoms with Crippen LogP contribution in [0.5, 0.6) is 0 Å². The van der Waals surface area contributed by atoms with Crippen LogP contribution >= 0.6 is 0 Å². The van der Waals surface area contributed by atoms with Crippen LogP contribution in [0.15, 0.2) is 10.9 Å². The van der Waals surface area contributed by atoms with E-state index in [9.17, 15) is 4.79 Å². The summed E-state index contributed by atoms with van der Waals surface area (Å²) >= 11 is 0. The van der Waals surface area contributed by atoms with Crippen LogP contribution in [-0.2, 0) is 0 Å². The molecule has 0 saturated carbocycles. The summed E-state index contributed by atoms with van der Waals surface area (Å²) in [6, 6.07) is 1.61. The predicted octanol–water partition coefficient (Wildman–Crippen LogP) is -0.0116. The van der Waals surface area contributed by atoms with Crippen molar-refractivity contribution in [2.45, 2.75) is 0 Å². The van der Waals surface area contributed by atoms with Gasteiger partial charge in [-0.1, -0.05) is 0 Å². The second kappa shape index (κ2) is 1.09. The van der Waals surface area contributed by atoms with Crippen LogP contribution in [0.2, 0.25) is 0 Å². The molecule has 0 aliphatic heterocycles. The second-order valence-corrected chi connectivity index (χ2v) is 1.79. The normalized spacial score (nSPS) is 10.0. The highest BCUT2D eigenvalue weighted by Gasteiger charge is 2.07. The monoisotopic (exact) mass is 97.1 g/mol. The van der Waals surface area contributed by atoms with Gasteiger partial charge in [0.05, 0.1) is 5.69 Å². The highest BCUT2D eigenvalue weighted by Crippen LogP contribution is 2.05. The van der Waals surface area contributed by atoms with Gasteiger partial charge in [0, 0.05) is 20.2 Å². The molecule has 1 aromatic rings. The van der Waals surface area contributed by atoms with Crippen LogP contribution < -0.4 is 10.3 Å². The fourth-order valence-electron chi connectivity index (χ4n) is 0.438. The molecule has 0 bridgehead atoms. The van der Waals surface area contributed by atoms with E-state index in [0.29, 0.717) is 0 Å². The fraction of sp³-hybridized carbons (Fsp3) is 0.400. The Kier molecular flexibility index (Phi) is 0.680. The van der Waals surface area contributed by atoms with Crippen molar-refractivity contribution in [3.05, 3.63) is 16.3 Å². The summed E-state index contributed by atoms with van der Waals surface area (Å²) in [6.07, 6.45) is 0. The minimum absolute atomic E-state index is 0.171. The Balaban J connectivity index is 2.67. The molecule has 0 radical (unpaired) electrons. The van der Waals surface area contributed by atoms with Crippen LogP contribution in [-0.4, -0.2) is 14.1 Å². The summed E-state index contributed by atoms with van der Waals surface area (Å²) in [5.41, 5.74) is 1.00. The van der Waals surface area contributed by atoms with E-state index in [1.165, 1.54) is 0 Å². The zero-order valence-corrected chi connectivity index (χ0v) is 4.43. The highest BCUT2D eigenvalue weighted by atomic mass is 16.1. The van der Waals surface area contributed by atoms with E-state index in [1.54, 1.807) is 6.07 Å². The first-order valence-electron chi connectivity index (χ1n) is 2.15. The molecule has 0 aliphatic rings. The maximum absolute atomic E-state index is 10.2. The van der Waals surface area contributed by atoms with Crippen molar-refractivity contribution in [1.82, 2.24) is 0 Å². The van der Waals surface area contributed by atoms with Gasteiger partial charge in [0.25, 0.3) is 0 Å². The lowest BCUT2D eigenvalue weighted by Crippen LogP contribution is -2.06. The largest absolute Gasteiger partial charge is 0.374 e. The van der Waals surface area contributed by atoms with Gasteiger partial charge < -0.3 is 4.90 Å². The van der Waals surface area contributed by atoms with E-state index in [-0.39, 0.29) is 5.43 Å². The smallest absolute Gasteiger partial charge is 0.204 e. The lowest BCUT2D eigenvalue weighted by atomic mass is 10.8. The van der Waals surface area contributed by atoms with Gasteiger partial charge in [-0.15, -0.1) is 0 Å². The Hall–Kier alpha value is -0.790. The topological polar surface area (TPSA) is 20.3 Å². The Morgan fingerprint density at radius 2 is 2.00 bits per heavy atom. The third-order valence-electron chi connectivity index (χ3n) is 0.919. The average molecular weight is 97.1 g/mol. The van der Waals surface area contributed by atoms with Gasteiger partial charge in [-0.25, -0.2) is 0 Å². The number of nitrogens with zero attached hydrogens (tertiary/aromatic N) is 1. The van der Waals surface area contributed by atoms with Crippen molar-refractivity contribution < 1.29 is 0 Å². The van der Waals surface area contributed by atoms with E-state index in [2.05, 4.69) is 0 Å². The Labute approximate surface area is 42.1 Å². The zero-order valence-electron chi connectivity index (χ0n) is 4.43. The third kappa shape index (κ3) is 0.633. The molecule has 0 atom stereocenters. The second-order valence-electron chi connectivity index (χ2n) is 1.79. The minimum Gasteiger partial charge on any atom is -0.374 e. The van der Waals surface area contributed by atoms with E-state index in [1.807, 2.05) is 19.0 Å². The maximum atomic E-state index is 10.2. The molecule has 7 heavy (non-hydrogen) atoms. The summed E-state index contributed by atoms with van der Waals surface area (Å²) in [7, 11) is 3.72. The molecule has 1 rings (SSSR count). The molecule has 0 N–H and O–H groups in total. The number of rotatable bonds is 1. The summed E-state index contributed by atoms with van der Waals surface area (Å²) in [5.74, 6) is 0. The van der Waals surface area contributed by atoms with Gasteiger partial charge in [0.2, 0.25) is 5.43 Å². The molecular weight excluding hydrogens is 90.1 g/mol. The fourth-order valence-corrected chi connectivity index (χ4v) is 0.438. The van der Waals surface area contributed by atoms with Crippen LogP contribution in [0.3, 0.4) is 0 Å². The molecule has 0 saturated heterocycles. The van der Waals surface area contributed by atoms with Gasteiger partial charge >= 0.3 is 0 Å². The summed E-state index contributed by atoms with van der Waals surface area (Å²) < 4.78 is 0. The Morgan fingerprint density at radius 1 is 1.57 bits per heavy atom. The molecule has 1 aromatic carbocycles. The van der Waals surface area contributed by atoms with Gasteiger partial charge in [-0.05, 0) is 0 Å². The summed E-state index contributed by atoms with van der Waals surface area (Å²) in [4.78, 5) is 12.0. The molecule has 0 aliphatic carbocycles. The molecule has 0 amide bonds. The molecular formula is C5H7NO. The molecule has 0 fully saturated rings. The number of hydrogen-bond acceptors (Lipinski definition) is 2. The standard InChI is InChI=1S/C5H7NO/c1-6(2)4-3-5(4)7/h3H,1-2H3. The lowest BCUT2D eigenvalue weighted by molar-refractivity contribution is 1.16. The SMILES string of the molecule is CN(C)c1cc1=O. The predicted molar refractivity (Wildman–Crippen MR) is 29.4 cm³/mol. The Bertz CT molecular complexity index is 171. The van der Waals surface area contributed by atoms with Crippen molar-refractivity contribution in [1.29, 1.82) is 0 Å². The summed E-state index contributed by atoms with van der Waals surface area (Å²) in [5, 5.41) is 0. The number of anilines is 1. The van der Waals surface area contributed by atoms with Crippen LogP contribution in [0, 0.1) is 0 Å². The molecule has 0 heterocycles. The van der Waals surface area contributed by atoms with Crippen LogP contribution in [0.4, 0.5) is 5.69 Å². The molecule has 2 heteroatoms. The van der Waals surface area contributed by atoms with Gasteiger partial charge in [0.1, 0.15) is 0 Å². The molecule has 0 spiro atoms. The van der Waals surface area contributed by atoms with Crippen molar-refractivity contribution in [2.24, 2.45) is 0 Å². The van der Waals surface area contributed by atoms with Crippen molar-refractivity contribution in [2.75, 3.05) is 19.0 Å². The van der Waals surface area contributed by atoms with Crippen LogP contribution in [0.25, 0.3) is 0 Å². The van der Waals surface area contributed by atoms with Crippen LogP contribution in [0.1, 0.15) is 0 Å². The lowest BCUT2D eigenvalue weighted by Gasteiger charge is -2.00. The third-order valence-corrected chi connectivity index (χ3v) is 0.919. The average Bonchev–Trinajstić information content (AvgIpc) is 2.17. The highest BCUT2D eigenvalue weighted by molar-refractivity contribution is 5.54. The zero-order chi connectivity index (χ0) is 5.44. The molecule has 0 aromatic heterocycles. The van der Waals surface area contributed by atoms with Gasteiger partial charge in [0.15, 0.2) is 0 Å². The van der Waals surface area contributed by atoms with Crippen molar-refractivity contribution in [3.8, 4) is 0 Å². The number of hydrogen-bond donors (Lipinski definition) is 0. The maximum Gasteiger partial charge on any atom is 0.204 e. The Morgan fingerprint density at radius 3 is 2.00 bits per heavy atom.